The van der Waals surface area contributed by atoms with E-state index in [9.17, 15) is 4.79 Å². The Kier molecular flexibility index (Phi) is 6.22. The number of anilines is 1. The van der Waals surface area contributed by atoms with Gasteiger partial charge in [0.05, 0.1) is 0 Å². The van der Waals surface area contributed by atoms with Crippen molar-refractivity contribution in [1.82, 2.24) is 0 Å². The summed E-state index contributed by atoms with van der Waals surface area (Å²) < 4.78 is 0. The Bertz CT molecular complexity index is 363. The molecule has 0 saturated heterocycles. The average Bonchev–Trinajstić information content (AvgIpc) is 2.37. The van der Waals surface area contributed by atoms with Gasteiger partial charge in [0.25, 0.3) is 0 Å². The van der Waals surface area contributed by atoms with Gasteiger partial charge in [0, 0.05) is 12.1 Å². The van der Waals surface area contributed by atoms with Gasteiger partial charge in [-0.3, -0.25) is 4.79 Å². The molecular formula is C14H22N2O2. The summed E-state index contributed by atoms with van der Waals surface area (Å²) in [6.07, 6.45) is 3.42. The smallest absolute Gasteiger partial charge is 0.224 e. The number of benzene rings is 1. The number of carbonyl (C=O) groups is 1. The number of aromatic hydroxyl groups is 1. The zero-order valence-corrected chi connectivity index (χ0v) is 10.9. The number of hydrogen-bond donors (Lipinski definition) is 3. The van der Waals surface area contributed by atoms with Crippen molar-refractivity contribution in [3.05, 3.63) is 24.3 Å². The van der Waals surface area contributed by atoms with E-state index in [2.05, 4.69) is 12.2 Å². The fraction of sp³-hybridized carbons (Fsp3) is 0.500. The van der Waals surface area contributed by atoms with Gasteiger partial charge in [-0.05, 0) is 49.6 Å². The summed E-state index contributed by atoms with van der Waals surface area (Å²) in [5.74, 6) is 0.735. The first-order valence-electron chi connectivity index (χ1n) is 6.44. The summed E-state index contributed by atoms with van der Waals surface area (Å²) >= 11 is 0. The summed E-state index contributed by atoms with van der Waals surface area (Å²) in [5.41, 5.74) is 6.24. The Morgan fingerprint density at radius 3 is 2.56 bits per heavy atom. The Hall–Kier alpha value is -1.55. The zero-order chi connectivity index (χ0) is 13.4. The van der Waals surface area contributed by atoms with Gasteiger partial charge in [-0.1, -0.05) is 13.3 Å². The first kappa shape index (κ1) is 14.5. The molecule has 4 N–H and O–H groups in total. The maximum Gasteiger partial charge on any atom is 0.224 e. The van der Waals surface area contributed by atoms with Crippen LogP contribution < -0.4 is 11.1 Å². The van der Waals surface area contributed by atoms with Crippen molar-refractivity contribution >= 4 is 11.6 Å². The van der Waals surface area contributed by atoms with Crippen LogP contribution in [0.1, 0.15) is 32.6 Å². The Morgan fingerprint density at radius 2 is 2.00 bits per heavy atom. The lowest BCUT2D eigenvalue weighted by molar-refractivity contribution is -0.116. The predicted octanol–water partition coefficient (Wildman–Crippen LogP) is 2.49. The van der Waals surface area contributed by atoms with Crippen LogP contribution in [0.25, 0.3) is 0 Å². The highest BCUT2D eigenvalue weighted by Gasteiger charge is 2.09. The van der Waals surface area contributed by atoms with E-state index in [-0.39, 0.29) is 11.7 Å². The topological polar surface area (TPSA) is 75.4 Å². The molecule has 1 unspecified atom stereocenters. The number of rotatable bonds is 7. The first-order valence-corrected chi connectivity index (χ1v) is 6.44. The predicted molar refractivity (Wildman–Crippen MR) is 73.4 cm³/mol. The molecule has 1 aromatic rings. The molecule has 0 radical (unpaired) electrons. The molecule has 0 aliphatic rings. The van der Waals surface area contributed by atoms with E-state index in [4.69, 9.17) is 10.8 Å². The molecule has 0 aliphatic carbocycles. The molecule has 0 spiro atoms. The molecule has 0 saturated carbocycles. The summed E-state index contributed by atoms with van der Waals surface area (Å²) in [6, 6.07) is 6.48. The van der Waals surface area contributed by atoms with E-state index in [1.54, 1.807) is 24.3 Å². The molecule has 1 aromatic carbocycles. The third kappa shape index (κ3) is 5.19. The maximum atomic E-state index is 11.7. The lowest BCUT2D eigenvalue weighted by atomic mass is 9.96. The molecule has 0 fully saturated rings. The van der Waals surface area contributed by atoms with E-state index in [1.807, 2.05) is 0 Å². The second kappa shape index (κ2) is 7.71. The van der Waals surface area contributed by atoms with Gasteiger partial charge in [0.2, 0.25) is 5.91 Å². The third-order valence-electron chi connectivity index (χ3n) is 3.08. The van der Waals surface area contributed by atoms with E-state index in [1.165, 1.54) is 0 Å². The molecule has 0 aromatic heterocycles. The van der Waals surface area contributed by atoms with Crippen molar-refractivity contribution in [2.75, 3.05) is 11.9 Å². The van der Waals surface area contributed by atoms with E-state index < -0.39 is 0 Å². The monoisotopic (exact) mass is 250 g/mol. The third-order valence-corrected chi connectivity index (χ3v) is 3.08. The summed E-state index contributed by atoms with van der Waals surface area (Å²) in [7, 11) is 0. The summed E-state index contributed by atoms with van der Waals surface area (Å²) in [6.45, 7) is 2.80. The summed E-state index contributed by atoms with van der Waals surface area (Å²) in [5, 5.41) is 11.9. The van der Waals surface area contributed by atoms with Crippen LogP contribution in [0, 0.1) is 5.92 Å². The van der Waals surface area contributed by atoms with Crippen LogP contribution in [0.4, 0.5) is 5.69 Å². The van der Waals surface area contributed by atoms with Crippen molar-refractivity contribution in [2.24, 2.45) is 11.7 Å². The van der Waals surface area contributed by atoms with Gasteiger partial charge in [-0.25, -0.2) is 0 Å². The van der Waals surface area contributed by atoms with Gasteiger partial charge in [0.1, 0.15) is 5.75 Å². The van der Waals surface area contributed by atoms with Gasteiger partial charge < -0.3 is 16.2 Å². The maximum absolute atomic E-state index is 11.7. The number of hydrogen-bond acceptors (Lipinski definition) is 3. The second-order valence-corrected chi connectivity index (χ2v) is 4.49. The van der Waals surface area contributed by atoms with Crippen LogP contribution in [0.2, 0.25) is 0 Å². The Labute approximate surface area is 108 Å². The molecular weight excluding hydrogens is 228 g/mol. The fourth-order valence-corrected chi connectivity index (χ4v) is 1.89. The zero-order valence-electron chi connectivity index (χ0n) is 10.9. The first-order chi connectivity index (χ1) is 8.65. The number of phenols is 1. The lowest BCUT2D eigenvalue weighted by Crippen LogP contribution is -2.15. The quantitative estimate of drug-likeness (QED) is 0.651. The highest BCUT2D eigenvalue weighted by atomic mass is 16.3. The molecule has 1 amide bonds. The van der Waals surface area contributed by atoms with Gasteiger partial charge in [0.15, 0.2) is 0 Å². The summed E-state index contributed by atoms with van der Waals surface area (Å²) in [4.78, 5) is 11.7. The Morgan fingerprint density at radius 1 is 1.33 bits per heavy atom. The standard InChI is InChI=1S/C14H22N2O2/c1-2-11(9-10-15)3-8-14(18)16-12-4-6-13(17)7-5-12/h4-7,11,17H,2-3,8-10,15H2,1H3,(H,16,18). The van der Waals surface area contributed by atoms with Crippen LogP contribution in [0.3, 0.4) is 0 Å². The van der Waals surface area contributed by atoms with E-state index in [0.29, 0.717) is 24.6 Å². The number of nitrogens with two attached hydrogens (primary N) is 1. The van der Waals surface area contributed by atoms with Crippen LogP contribution in [-0.4, -0.2) is 17.6 Å². The van der Waals surface area contributed by atoms with Crippen LogP contribution in [-0.2, 0) is 4.79 Å². The molecule has 0 bridgehead atoms. The van der Waals surface area contributed by atoms with Crippen molar-refractivity contribution in [2.45, 2.75) is 32.6 Å². The SMILES string of the molecule is CCC(CCN)CCC(=O)Nc1ccc(O)cc1. The molecule has 4 nitrogen and oxygen atoms in total. The molecule has 0 aliphatic heterocycles. The minimum absolute atomic E-state index is 0.0103. The minimum atomic E-state index is 0.0103. The van der Waals surface area contributed by atoms with Crippen molar-refractivity contribution in [3.8, 4) is 5.75 Å². The van der Waals surface area contributed by atoms with Crippen LogP contribution in [0.5, 0.6) is 5.75 Å². The molecule has 1 rings (SSSR count). The van der Waals surface area contributed by atoms with E-state index in [0.717, 1.165) is 19.3 Å². The normalized spacial score (nSPS) is 12.1. The average molecular weight is 250 g/mol. The van der Waals surface area contributed by atoms with Gasteiger partial charge in [-0.15, -0.1) is 0 Å². The van der Waals surface area contributed by atoms with Crippen LogP contribution >= 0.6 is 0 Å². The fourth-order valence-electron chi connectivity index (χ4n) is 1.89. The minimum Gasteiger partial charge on any atom is -0.508 e. The Balaban J connectivity index is 2.35. The number of nitrogens with one attached hydrogen (secondary N) is 1. The second-order valence-electron chi connectivity index (χ2n) is 4.49. The number of carbonyl (C=O) groups excluding carboxylic acids is 1. The molecule has 0 heterocycles. The largest absolute Gasteiger partial charge is 0.508 e. The lowest BCUT2D eigenvalue weighted by Gasteiger charge is -2.13. The molecule has 4 heteroatoms. The molecule has 100 valence electrons. The van der Waals surface area contributed by atoms with Crippen LogP contribution in [0.15, 0.2) is 24.3 Å². The van der Waals surface area contributed by atoms with Crippen molar-refractivity contribution < 1.29 is 9.90 Å². The number of phenolic OH excluding ortho intramolecular Hbond substituents is 1. The van der Waals surface area contributed by atoms with Crippen molar-refractivity contribution in [1.29, 1.82) is 0 Å². The van der Waals surface area contributed by atoms with Crippen molar-refractivity contribution in [3.63, 3.8) is 0 Å². The highest BCUT2D eigenvalue weighted by Crippen LogP contribution is 2.17. The van der Waals surface area contributed by atoms with E-state index >= 15 is 0 Å². The molecule has 1 atom stereocenters. The number of amides is 1. The molecule has 18 heavy (non-hydrogen) atoms. The van der Waals surface area contributed by atoms with Gasteiger partial charge in [-0.2, -0.15) is 0 Å². The highest BCUT2D eigenvalue weighted by molar-refractivity contribution is 5.90. The van der Waals surface area contributed by atoms with Gasteiger partial charge >= 0.3 is 0 Å².